The first kappa shape index (κ1) is 18.7. The minimum atomic E-state index is -0.398. The van der Waals surface area contributed by atoms with Crippen LogP contribution < -0.4 is 14.8 Å². The van der Waals surface area contributed by atoms with Gasteiger partial charge in [-0.3, -0.25) is 9.20 Å². The number of hydrogen-bond acceptors (Lipinski definition) is 6. The Bertz CT molecular complexity index is 1390. The Kier molecular flexibility index (Phi) is 4.51. The summed E-state index contributed by atoms with van der Waals surface area (Å²) >= 11 is 0. The topological polar surface area (TPSA) is 90.9 Å². The maximum Gasteiger partial charge on any atom is 0.291 e. The van der Waals surface area contributed by atoms with Crippen molar-refractivity contribution < 1.29 is 18.7 Å². The number of amides is 1. The highest BCUT2D eigenvalue weighted by Crippen LogP contribution is 2.32. The van der Waals surface area contributed by atoms with Gasteiger partial charge in [0.2, 0.25) is 5.78 Å². The third-order valence-corrected chi connectivity index (χ3v) is 4.93. The van der Waals surface area contributed by atoms with E-state index in [4.69, 9.17) is 13.9 Å². The Morgan fingerprint density at radius 3 is 2.74 bits per heavy atom. The molecule has 0 spiro atoms. The monoisotopic (exact) mass is 414 g/mol. The molecule has 0 unspecified atom stereocenters. The van der Waals surface area contributed by atoms with Crippen LogP contribution in [0.1, 0.15) is 10.6 Å². The molecular formula is C23H18N4O4. The van der Waals surface area contributed by atoms with Crippen LogP contribution in [0, 0.1) is 0 Å². The van der Waals surface area contributed by atoms with Gasteiger partial charge in [0.1, 0.15) is 5.75 Å². The molecule has 0 atom stereocenters. The van der Waals surface area contributed by atoms with E-state index in [9.17, 15) is 4.79 Å². The first-order valence-electron chi connectivity index (χ1n) is 9.52. The maximum absolute atomic E-state index is 12.9. The van der Waals surface area contributed by atoms with Crippen molar-refractivity contribution in [3.8, 4) is 22.8 Å². The number of para-hydroxylation sites is 1. The minimum absolute atomic E-state index is 0.170. The molecule has 0 radical (unpaired) electrons. The van der Waals surface area contributed by atoms with Gasteiger partial charge in [0.05, 0.1) is 25.6 Å². The van der Waals surface area contributed by atoms with Crippen LogP contribution in [0.25, 0.3) is 28.0 Å². The van der Waals surface area contributed by atoms with E-state index < -0.39 is 5.91 Å². The highest BCUT2D eigenvalue weighted by molar-refractivity contribution is 6.06. The number of nitrogens with zero attached hydrogens (tertiary/aromatic N) is 3. The number of hydrogen-bond donors (Lipinski definition) is 1. The highest BCUT2D eigenvalue weighted by Gasteiger charge is 2.17. The van der Waals surface area contributed by atoms with Crippen molar-refractivity contribution in [3.05, 3.63) is 72.9 Å². The minimum Gasteiger partial charge on any atom is -0.495 e. The number of aromatic nitrogens is 3. The summed E-state index contributed by atoms with van der Waals surface area (Å²) < 4.78 is 18.3. The Labute approximate surface area is 177 Å². The predicted octanol–water partition coefficient (Wildman–Crippen LogP) is 4.41. The van der Waals surface area contributed by atoms with Gasteiger partial charge in [-0.25, -0.2) is 9.97 Å². The van der Waals surface area contributed by atoms with E-state index in [1.807, 2.05) is 47.1 Å². The summed E-state index contributed by atoms with van der Waals surface area (Å²) in [5.41, 5.74) is 2.56. The van der Waals surface area contributed by atoms with Crippen molar-refractivity contribution in [1.29, 1.82) is 0 Å². The van der Waals surface area contributed by atoms with Crippen molar-refractivity contribution in [1.82, 2.24) is 14.4 Å². The predicted molar refractivity (Wildman–Crippen MR) is 116 cm³/mol. The fraction of sp³-hybridized carbons (Fsp3) is 0.0870. The van der Waals surface area contributed by atoms with Crippen molar-refractivity contribution in [2.75, 3.05) is 19.5 Å². The average molecular weight is 414 g/mol. The molecule has 0 aliphatic rings. The van der Waals surface area contributed by atoms with Crippen LogP contribution in [-0.4, -0.2) is 34.5 Å². The molecule has 0 aliphatic carbocycles. The van der Waals surface area contributed by atoms with Gasteiger partial charge >= 0.3 is 0 Å². The fourth-order valence-electron chi connectivity index (χ4n) is 3.43. The summed E-state index contributed by atoms with van der Waals surface area (Å²) in [5, 5.41) is 3.65. The molecule has 154 valence electrons. The van der Waals surface area contributed by atoms with Crippen LogP contribution in [-0.2, 0) is 0 Å². The lowest BCUT2D eigenvalue weighted by Gasteiger charge is -2.10. The lowest BCUT2D eigenvalue weighted by atomic mass is 10.1. The number of carbonyl (C=O) groups is 1. The van der Waals surface area contributed by atoms with Gasteiger partial charge in [0.15, 0.2) is 17.1 Å². The van der Waals surface area contributed by atoms with Crippen LogP contribution in [0.5, 0.6) is 11.5 Å². The molecule has 0 saturated carbocycles. The second kappa shape index (κ2) is 7.49. The third kappa shape index (κ3) is 3.33. The van der Waals surface area contributed by atoms with Crippen LogP contribution in [0.4, 0.5) is 5.69 Å². The number of furan rings is 1. The number of nitrogens with one attached hydrogen (secondary N) is 1. The van der Waals surface area contributed by atoms with Crippen molar-refractivity contribution in [2.45, 2.75) is 0 Å². The quantitative estimate of drug-likeness (QED) is 0.458. The number of benzene rings is 2. The van der Waals surface area contributed by atoms with E-state index >= 15 is 0 Å². The van der Waals surface area contributed by atoms with E-state index in [-0.39, 0.29) is 5.76 Å². The maximum atomic E-state index is 12.9. The molecule has 8 nitrogen and oxygen atoms in total. The number of fused-ring (bicyclic) bond motifs is 2. The molecule has 5 rings (SSSR count). The Morgan fingerprint density at radius 2 is 1.94 bits per heavy atom. The number of methoxy groups -OCH3 is 2. The van der Waals surface area contributed by atoms with Gasteiger partial charge < -0.3 is 19.2 Å². The molecule has 3 heterocycles. The summed E-state index contributed by atoms with van der Waals surface area (Å²) in [5.74, 6) is 1.45. The average Bonchev–Trinajstić information content (AvgIpc) is 3.43. The van der Waals surface area contributed by atoms with Gasteiger partial charge in [-0.15, -0.1) is 0 Å². The van der Waals surface area contributed by atoms with Crippen LogP contribution in [0.15, 0.2) is 71.5 Å². The molecule has 2 aromatic carbocycles. The van der Waals surface area contributed by atoms with Crippen LogP contribution >= 0.6 is 0 Å². The summed E-state index contributed by atoms with van der Waals surface area (Å²) in [6, 6.07) is 14.5. The molecule has 0 aliphatic heterocycles. The van der Waals surface area contributed by atoms with Crippen molar-refractivity contribution in [2.24, 2.45) is 0 Å². The SMILES string of the molecule is COc1ccc(-c2cn3cccnc3n2)cc1NC(=O)c1cc2cccc(OC)c2o1. The molecule has 0 saturated heterocycles. The number of imidazole rings is 1. The second-order valence-electron chi connectivity index (χ2n) is 6.81. The standard InChI is InChI=1S/C23H18N4O4/c1-29-18-8-7-14(17-13-27-10-4-9-24-23(27)26-17)11-16(18)25-22(28)20-12-15-5-3-6-19(30-2)21(15)31-20/h3-13H,1-2H3,(H,25,28). The molecule has 0 bridgehead atoms. The molecule has 5 aromatic rings. The van der Waals surface area contributed by atoms with E-state index in [1.165, 1.54) is 0 Å². The van der Waals surface area contributed by atoms with Gasteiger partial charge in [-0.05, 0) is 36.4 Å². The lowest BCUT2D eigenvalue weighted by molar-refractivity contribution is 0.0998. The second-order valence-corrected chi connectivity index (χ2v) is 6.81. The summed E-state index contributed by atoms with van der Waals surface area (Å²) in [6.45, 7) is 0. The number of ether oxygens (including phenoxy) is 2. The molecule has 8 heteroatoms. The largest absolute Gasteiger partial charge is 0.495 e. The van der Waals surface area contributed by atoms with Gasteiger partial charge in [-0.1, -0.05) is 12.1 Å². The van der Waals surface area contributed by atoms with Crippen LogP contribution in [0.2, 0.25) is 0 Å². The zero-order valence-corrected chi connectivity index (χ0v) is 16.8. The van der Waals surface area contributed by atoms with E-state index in [1.54, 1.807) is 38.6 Å². The van der Waals surface area contributed by atoms with Gasteiger partial charge in [-0.2, -0.15) is 0 Å². The van der Waals surface area contributed by atoms with Gasteiger partial charge in [0.25, 0.3) is 5.91 Å². The van der Waals surface area contributed by atoms with Crippen molar-refractivity contribution >= 4 is 28.3 Å². The number of carbonyl (C=O) groups excluding carboxylic acids is 1. The normalized spacial score (nSPS) is 11.0. The van der Waals surface area contributed by atoms with Gasteiger partial charge in [0, 0.05) is 29.5 Å². The lowest BCUT2D eigenvalue weighted by Crippen LogP contribution is -2.11. The molecule has 0 fully saturated rings. The number of rotatable bonds is 5. The Hall–Kier alpha value is -4.33. The molecule has 3 aromatic heterocycles. The zero-order chi connectivity index (χ0) is 21.4. The van der Waals surface area contributed by atoms with E-state index in [2.05, 4.69) is 15.3 Å². The molecule has 1 amide bonds. The van der Waals surface area contributed by atoms with Crippen LogP contribution in [0.3, 0.4) is 0 Å². The van der Waals surface area contributed by atoms with E-state index in [0.29, 0.717) is 28.5 Å². The third-order valence-electron chi connectivity index (χ3n) is 4.93. The summed E-state index contributed by atoms with van der Waals surface area (Å²) in [6.07, 6.45) is 5.44. The zero-order valence-electron chi connectivity index (χ0n) is 16.8. The Balaban J connectivity index is 1.49. The highest BCUT2D eigenvalue weighted by atomic mass is 16.5. The van der Waals surface area contributed by atoms with E-state index in [0.717, 1.165) is 16.6 Å². The molecular weight excluding hydrogens is 396 g/mol. The number of anilines is 1. The first-order chi connectivity index (χ1) is 15.2. The summed E-state index contributed by atoms with van der Waals surface area (Å²) in [7, 11) is 3.10. The molecule has 1 N–H and O–H groups in total. The fourth-order valence-corrected chi connectivity index (χ4v) is 3.43. The summed E-state index contributed by atoms with van der Waals surface area (Å²) in [4.78, 5) is 21.7. The smallest absolute Gasteiger partial charge is 0.291 e. The van der Waals surface area contributed by atoms with Crippen molar-refractivity contribution in [3.63, 3.8) is 0 Å². The Morgan fingerprint density at radius 1 is 1.06 bits per heavy atom. The first-order valence-corrected chi connectivity index (χ1v) is 9.52. The molecule has 31 heavy (non-hydrogen) atoms.